The van der Waals surface area contributed by atoms with Gasteiger partial charge in [-0.2, -0.15) is 0 Å². The van der Waals surface area contributed by atoms with E-state index in [9.17, 15) is 9.59 Å². The molecule has 0 bridgehead atoms. The molecule has 0 saturated carbocycles. The molecule has 6 nitrogen and oxygen atoms in total. The normalized spacial score (nSPS) is 16.2. The Labute approximate surface area is 160 Å². The average molecular weight is 419 g/mol. The van der Waals surface area contributed by atoms with Gasteiger partial charge in [0.1, 0.15) is 11.9 Å². The predicted octanol–water partition coefficient (Wildman–Crippen LogP) is 3.83. The van der Waals surface area contributed by atoms with Gasteiger partial charge < -0.3 is 20.1 Å². The van der Waals surface area contributed by atoms with Gasteiger partial charge in [0, 0.05) is 22.5 Å². The molecule has 2 amide bonds. The van der Waals surface area contributed by atoms with Crippen LogP contribution in [0.4, 0.5) is 11.4 Å². The fourth-order valence-electron chi connectivity index (χ4n) is 2.65. The number of halogens is 1. The number of methoxy groups -OCH3 is 1. The maximum Gasteiger partial charge on any atom is 0.256 e. The standard InChI is InChI=1S/C19H19BrN2O4/c1-25-14-8-9-16(20)15(11-14)18(23)21-12-4-6-13(7-5-12)22-19(24)17-3-2-10-26-17/h4-9,11,17H,2-3,10H2,1H3,(H,21,23)(H,22,24)/t17-/m1/s1. The van der Waals surface area contributed by atoms with Crippen LogP contribution in [-0.2, 0) is 9.53 Å². The topological polar surface area (TPSA) is 76.7 Å². The lowest BCUT2D eigenvalue weighted by molar-refractivity contribution is -0.124. The Morgan fingerprint density at radius 2 is 1.81 bits per heavy atom. The highest BCUT2D eigenvalue weighted by Gasteiger charge is 2.23. The minimum Gasteiger partial charge on any atom is -0.497 e. The van der Waals surface area contributed by atoms with Gasteiger partial charge in [0.25, 0.3) is 11.8 Å². The molecule has 0 spiro atoms. The summed E-state index contributed by atoms with van der Waals surface area (Å²) in [6.45, 7) is 0.628. The number of rotatable bonds is 5. The molecule has 1 aliphatic heterocycles. The van der Waals surface area contributed by atoms with Crippen molar-refractivity contribution in [2.75, 3.05) is 24.4 Å². The fourth-order valence-corrected chi connectivity index (χ4v) is 3.07. The van der Waals surface area contributed by atoms with E-state index < -0.39 is 0 Å². The van der Waals surface area contributed by atoms with Crippen molar-refractivity contribution in [3.8, 4) is 5.75 Å². The number of carbonyl (C=O) groups is 2. The Balaban J connectivity index is 1.63. The summed E-state index contributed by atoms with van der Waals surface area (Å²) in [7, 11) is 1.55. The third-order valence-electron chi connectivity index (χ3n) is 4.05. The molecule has 0 radical (unpaired) electrons. The van der Waals surface area contributed by atoms with Crippen LogP contribution in [0.5, 0.6) is 5.75 Å². The summed E-state index contributed by atoms with van der Waals surface area (Å²) in [6.07, 6.45) is 1.28. The van der Waals surface area contributed by atoms with E-state index in [2.05, 4.69) is 26.6 Å². The van der Waals surface area contributed by atoms with E-state index in [0.29, 0.717) is 33.8 Å². The van der Waals surface area contributed by atoms with Crippen LogP contribution in [-0.4, -0.2) is 31.6 Å². The van der Waals surface area contributed by atoms with Gasteiger partial charge in [0.2, 0.25) is 0 Å². The Morgan fingerprint density at radius 3 is 2.42 bits per heavy atom. The predicted molar refractivity (Wildman–Crippen MR) is 103 cm³/mol. The molecule has 136 valence electrons. The highest BCUT2D eigenvalue weighted by atomic mass is 79.9. The second-order valence-corrected chi connectivity index (χ2v) is 6.72. The number of nitrogens with one attached hydrogen (secondary N) is 2. The van der Waals surface area contributed by atoms with Crippen molar-refractivity contribution in [1.29, 1.82) is 0 Å². The molecule has 0 aliphatic carbocycles. The first-order valence-electron chi connectivity index (χ1n) is 8.24. The van der Waals surface area contributed by atoms with Crippen molar-refractivity contribution in [3.05, 3.63) is 52.5 Å². The number of amides is 2. The fraction of sp³-hybridized carbons (Fsp3) is 0.263. The van der Waals surface area contributed by atoms with E-state index in [1.54, 1.807) is 49.6 Å². The summed E-state index contributed by atoms with van der Waals surface area (Å²) >= 11 is 3.37. The largest absolute Gasteiger partial charge is 0.497 e. The number of anilines is 2. The molecule has 2 aromatic carbocycles. The summed E-state index contributed by atoms with van der Waals surface area (Å²) in [5.74, 6) is 0.206. The van der Waals surface area contributed by atoms with Crippen LogP contribution in [0.3, 0.4) is 0 Å². The van der Waals surface area contributed by atoms with Crippen molar-refractivity contribution in [2.24, 2.45) is 0 Å². The van der Waals surface area contributed by atoms with Gasteiger partial charge in [-0.05, 0) is 71.2 Å². The highest BCUT2D eigenvalue weighted by Crippen LogP contribution is 2.24. The molecule has 1 fully saturated rings. The first-order valence-corrected chi connectivity index (χ1v) is 9.03. The van der Waals surface area contributed by atoms with Gasteiger partial charge in [-0.15, -0.1) is 0 Å². The van der Waals surface area contributed by atoms with Crippen LogP contribution in [0.25, 0.3) is 0 Å². The van der Waals surface area contributed by atoms with Crippen molar-refractivity contribution >= 4 is 39.1 Å². The second-order valence-electron chi connectivity index (χ2n) is 5.87. The third-order valence-corrected chi connectivity index (χ3v) is 4.74. The van der Waals surface area contributed by atoms with Gasteiger partial charge >= 0.3 is 0 Å². The maximum atomic E-state index is 12.5. The molecule has 0 aromatic heterocycles. The lowest BCUT2D eigenvalue weighted by Crippen LogP contribution is -2.26. The Kier molecular flexibility index (Phi) is 5.90. The molecule has 26 heavy (non-hydrogen) atoms. The minimum absolute atomic E-state index is 0.139. The Bertz CT molecular complexity index is 802. The third kappa shape index (κ3) is 4.42. The summed E-state index contributed by atoms with van der Waals surface area (Å²) in [5, 5.41) is 5.64. The Morgan fingerprint density at radius 1 is 1.12 bits per heavy atom. The second kappa shape index (κ2) is 8.33. The molecular formula is C19H19BrN2O4. The van der Waals surface area contributed by atoms with E-state index in [1.165, 1.54) is 0 Å². The van der Waals surface area contributed by atoms with Gasteiger partial charge in [0.05, 0.1) is 12.7 Å². The van der Waals surface area contributed by atoms with E-state index in [-0.39, 0.29) is 17.9 Å². The van der Waals surface area contributed by atoms with Crippen LogP contribution in [0.1, 0.15) is 23.2 Å². The smallest absolute Gasteiger partial charge is 0.256 e. The molecule has 0 unspecified atom stereocenters. The quantitative estimate of drug-likeness (QED) is 0.773. The summed E-state index contributed by atoms with van der Waals surface area (Å²) in [6, 6.07) is 12.1. The number of benzene rings is 2. The lowest BCUT2D eigenvalue weighted by Gasteiger charge is -2.12. The number of hydrogen-bond acceptors (Lipinski definition) is 4. The van der Waals surface area contributed by atoms with Crippen molar-refractivity contribution in [3.63, 3.8) is 0 Å². The molecule has 3 rings (SSSR count). The molecular weight excluding hydrogens is 400 g/mol. The number of hydrogen-bond donors (Lipinski definition) is 2. The summed E-state index contributed by atoms with van der Waals surface area (Å²) in [4.78, 5) is 24.5. The van der Waals surface area contributed by atoms with Crippen LogP contribution in [0.2, 0.25) is 0 Å². The average Bonchev–Trinajstić information content (AvgIpc) is 3.18. The van der Waals surface area contributed by atoms with Crippen molar-refractivity contribution in [2.45, 2.75) is 18.9 Å². The first-order chi connectivity index (χ1) is 12.6. The van der Waals surface area contributed by atoms with E-state index in [0.717, 1.165) is 12.8 Å². The zero-order valence-electron chi connectivity index (χ0n) is 14.3. The number of ether oxygens (including phenoxy) is 2. The van der Waals surface area contributed by atoms with Gasteiger partial charge in [-0.3, -0.25) is 9.59 Å². The van der Waals surface area contributed by atoms with Crippen LogP contribution < -0.4 is 15.4 Å². The van der Waals surface area contributed by atoms with Crippen LogP contribution in [0.15, 0.2) is 46.9 Å². The van der Waals surface area contributed by atoms with Crippen molar-refractivity contribution < 1.29 is 19.1 Å². The summed E-state index contributed by atoms with van der Waals surface area (Å²) in [5.41, 5.74) is 1.76. The maximum absolute atomic E-state index is 12.5. The van der Waals surface area contributed by atoms with E-state index in [1.807, 2.05) is 0 Å². The molecule has 1 aliphatic rings. The molecule has 1 atom stereocenters. The Hall–Kier alpha value is -2.38. The van der Waals surface area contributed by atoms with E-state index in [4.69, 9.17) is 9.47 Å². The molecule has 7 heteroatoms. The highest BCUT2D eigenvalue weighted by molar-refractivity contribution is 9.10. The number of carbonyl (C=O) groups excluding carboxylic acids is 2. The van der Waals surface area contributed by atoms with Gasteiger partial charge in [0.15, 0.2) is 0 Å². The zero-order valence-corrected chi connectivity index (χ0v) is 15.8. The van der Waals surface area contributed by atoms with Crippen LogP contribution in [0, 0.1) is 0 Å². The SMILES string of the molecule is COc1ccc(Br)c(C(=O)Nc2ccc(NC(=O)[C@H]3CCCO3)cc2)c1. The van der Waals surface area contributed by atoms with E-state index >= 15 is 0 Å². The monoisotopic (exact) mass is 418 g/mol. The first kappa shape index (κ1) is 18.4. The molecule has 1 heterocycles. The van der Waals surface area contributed by atoms with Gasteiger partial charge in [-0.1, -0.05) is 0 Å². The van der Waals surface area contributed by atoms with Gasteiger partial charge in [-0.25, -0.2) is 0 Å². The molecule has 1 saturated heterocycles. The minimum atomic E-state index is -0.375. The zero-order chi connectivity index (χ0) is 18.5. The molecule has 2 N–H and O–H groups in total. The lowest BCUT2D eigenvalue weighted by atomic mass is 10.2. The summed E-state index contributed by atoms with van der Waals surface area (Å²) < 4.78 is 11.2. The van der Waals surface area contributed by atoms with Crippen LogP contribution >= 0.6 is 15.9 Å². The molecule has 2 aromatic rings. The van der Waals surface area contributed by atoms with Crippen molar-refractivity contribution in [1.82, 2.24) is 0 Å².